The van der Waals surface area contributed by atoms with E-state index in [0.717, 1.165) is 11.3 Å². The predicted octanol–water partition coefficient (Wildman–Crippen LogP) is 1.92. The van der Waals surface area contributed by atoms with Gasteiger partial charge in [-0.05, 0) is 45.0 Å². The lowest BCUT2D eigenvalue weighted by atomic mass is 10.0. The zero-order valence-electron chi connectivity index (χ0n) is 12.3. The van der Waals surface area contributed by atoms with Gasteiger partial charge >= 0.3 is 0 Å². The van der Waals surface area contributed by atoms with Crippen molar-refractivity contribution in [1.29, 1.82) is 0 Å². The number of aryl methyl sites for hydroxylation is 1. The fourth-order valence-corrected chi connectivity index (χ4v) is 2.06. The number of amides is 1. The number of hydrogen-bond donors (Lipinski definition) is 2. The SMILES string of the molecule is Cc1nc(N)nc(-c2ccc(OC(C)C)cc2)c1C(N)=O. The summed E-state index contributed by atoms with van der Waals surface area (Å²) in [7, 11) is 0. The number of anilines is 1. The fourth-order valence-electron chi connectivity index (χ4n) is 2.06. The van der Waals surface area contributed by atoms with Gasteiger partial charge in [-0.25, -0.2) is 9.97 Å². The molecule has 0 saturated heterocycles. The molecule has 21 heavy (non-hydrogen) atoms. The highest BCUT2D eigenvalue weighted by atomic mass is 16.5. The van der Waals surface area contributed by atoms with E-state index in [1.54, 1.807) is 6.92 Å². The van der Waals surface area contributed by atoms with Crippen LogP contribution in [-0.2, 0) is 0 Å². The Balaban J connectivity index is 2.48. The van der Waals surface area contributed by atoms with Crippen molar-refractivity contribution in [3.63, 3.8) is 0 Å². The summed E-state index contributed by atoms with van der Waals surface area (Å²) in [5.41, 5.74) is 13.0. The molecule has 1 aromatic carbocycles. The number of primary amides is 1. The van der Waals surface area contributed by atoms with E-state index in [0.29, 0.717) is 11.4 Å². The van der Waals surface area contributed by atoms with Crippen molar-refractivity contribution in [3.05, 3.63) is 35.5 Å². The molecular formula is C15H18N4O2. The number of nitrogens with two attached hydrogens (primary N) is 2. The fraction of sp³-hybridized carbons (Fsp3) is 0.267. The smallest absolute Gasteiger partial charge is 0.252 e. The van der Waals surface area contributed by atoms with Crippen LogP contribution in [0.2, 0.25) is 0 Å². The summed E-state index contributed by atoms with van der Waals surface area (Å²) in [5.74, 6) is 0.271. The van der Waals surface area contributed by atoms with Crippen LogP contribution >= 0.6 is 0 Å². The Labute approximate surface area is 123 Å². The molecule has 0 aliphatic heterocycles. The largest absolute Gasteiger partial charge is 0.491 e. The molecule has 0 bridgehead atoms. The lowest BCUT2D eigenvalue weighted by Gasteiger charge is -2.12. The maximum atomic E-state index is 11.6. The Morgan fingerprint density at radius 2 is 1.81 bits per heavy atom. The monoisotopic (exact) mass is 286 g/mol. The molecule has 2 rings (SSSR count). The summed E-state index contributed by atoms with van der Waals surface area (Å²) >= 11 is 0. The second kappa shape index (κ2) is 5.78. The van der Waals surface area contributed by atoms with Crippen LogP contribution in [0, 0.1) is 6.92 Å². The molecular weight excluding hydrogens is 268 g/mol. The van der Waals surface area contributed by atoms with Gasteiger partial charge in [-0.2, -0.15) is 0 Å². The average Bonchev–Trinajstić information content (AvgIpc) is 2.37. The van der Waals surface area contributed by atoms with Crippen molar-refractivity contribution >= 4 is 11.9 Å². The first-order valence-corrected chi connectivity index (χ1v) is 6.59. The maximum Gasteiger partial charge on any atom is 0.252 e. The van der Waals surface area contributed by atoms with E-state index in [1.165, 1.54) is 0 Å². The second-order valence-electron chi connectivity index (χ2n) is 4.95. The number of aromatic nitrogens is 2. The molecule has 0 aliphatic rings. The minimum absolute atomic E-state index is 0.0916. The molecule has 6 heteroatoms. The number of hydrogen-bond acceptors (Lipinski definition) is 5. The standard InChI is InChI=1S/C15H18N4O2/c1-8(2)21-11-6-4-10(5-7-11)13-12(14(16)20)9(3)18-15(17)19-13/h4-8H,1-3H3,(H2,16,20)(H2,17,18,19). The Kier molecular flexibility index (Phi) is 4.07. The summed E-state index contributed by atoms with van der Waals surface area (Å²) in [6.45, 7) is 5.58. The number of rotatable bonds is 4. The van der Waals surface area contributed by atoms with Crippen LogP contribution in [-0.4, -0.2) is 22.0 Å². The van der Waals surface area contributed by atoms with Crippen molar-refractivity contribution < 1.29 is 9.53 Å². The average molecular weight is 286 g/mol. The molecule has 0 fully saturated rings. The van der Waals surface area contributed by atoms with Crippen LogP contribution in [0.15, 0.2) is 24.3 Å². The molecule has 1 aromatic heterocycles. The number of carbonyl (C=O) groups is 1. The first-order chi connectivity index (χ1) is 9.88. The predicted molar refractivity (Wildman–Crippen MR) is 80.9 cm³/mol. The summed E-state index contributed by atoms with van der Waals surface area (Å²) in [6, 6.07) is 7.25. The topological polar surface area (TPSA) is 104 Å². The lowest BCUT2D eigenvalue weighted by Crippen LogP contribution is -2.17. The highest BCUT2D eigenvalue weighted by molar-refractivity contribution is 6.00. The van der Waals surface area contributed by atoms with Gasteiger partial charge in [0.05, 0.1) is 23.1 Å². The van der Waals surface area contributed by atoms with Crippen LogP contribution in [0.25, 0.3) is 11.3 Å². The third kappa shape index (κ3) is 3.28. The molecule has 1 heterocycles. The summed E-state index contributed by atoms with van der Waals surface area (Å²) in [6.07, 6.45) is 0.0916. The Hall–Kier alpha value is -2.63. The highest BCUT2D eigenvalue weighted by Gasteiger charge is 2.17. The lowest BCUT2D eigenvalue weighted by molar-refractivity contribution is 0.0999. The van der Waals surface area contributed by atoms with Crippen molar-refractivity contribution in [2.45, 2.75) is 26.9 Å². The van der Waals surface area contributed by atoms with Crippen molar-refractivity contribution in [2.24, 2.45) is 5.73 Å². The van der Waals surface area contributed by atoms with E-state index in [4.69, 9.17) is 16.2 Å². The first kappa shape index (κ1) is 14.8. The van der Waals surface area contributed by atoms with Crippen LogP contribution in [0.3, 0.4) is 0 Å². The Bertz CT molecular complexity index is 666. The Morgan fingerprint density at radius 3 is 2.33 bits per heavy atom. The van der Waals surface area contributed by atoms with Gasteiger partial charge < -0.3 is 16.2 Å². The van der Waals surface area contributed by atoms with Crippen molar-refractivity contribution in [3.8, 4) is 17.0 Å². The van der Waals surface area contributed by atoms with Gasteiger partial charge in [0.1, 0.15) is 5.75 Å². The Morgan fingerprint density at radius 1 is 1.19 bits per heavy atom. The quantitative estimate of drug-likeness (QED) is 0.893. The molecule has 0 unspecified atom stereocenters. The van der Waals surface area contributed by atoms with Crippen molar-refractivity contribution in [2.75, 3.05) is 5.73 Å². The molecule has 110 valence electrons. The van der Waals surface area contributed by atoms with E-state index >= 15 is 0 Å². The van der Waals surface area contributed by atoms with Gasteiger partial charge in [0.25, 0.3) is 5.91 Å². The summed E-state index contributed by atoms with van der Waals surface area (Å²) in [4.78, 5) is 19.7. The zero-order valence-corrected chi connectivity index (χ0v) is 12.3. The van der Waals surface area contributed by atoms with E-state index in [1.807, 2.05) is 38.1 Å². The van der Waals surface area contributed by atoms with Crippen molar-refractivity contribution in [1.82, 2.24) is 9.97 Å². The van der Waals surface area contributed by atoms with Gasteiger partial charge in [0.15, 0.2) is 0 Å². The minimum Gasteiger partial charge on any atom is -0.491 e. The number of carbonyl (C=O) groups excluding carboxylic acids is 1. The highest BCUT2D eigenvalue weighted by Crippen LogP contribution is 2.26. The van der Waals surface area contributed by atoms with Crippen LogP contribution in [0.1, 0.15) is 29.9 Å². The van der Waals surface area contributed by atoms with Gasteiger partial charge in [-0.15, -0.1) is 0 Å². The van der Waals surface area contributed by atoms with Gasteiger partial charge in [0, 0.05) is 5.56 Å². The first-order valence-electron chi connectivity index (χ1n) is 6.59. The molecule has 2 aromatic rings. The van der Waals surface area contributed by atoms with E-state index in [2.05, 4.69) is 9.97 Å². The van der Waals surface area contributed by atoms with Crippen LogP contribution in [0.5, 0.6) is 5.75 Å². The summed E-state index contributed by atoms with van der Waals surface area (Å²) in [5, 5.41) is 0. The second-order valence-corrected chi connectivity index (χ2v) is 4.95. The van der Waals surface area contributed by atoms with Gasteiger partial charge in [-0.3, -0.25) is 4.79 Å². The van der Waals surface area contributed by atoms with Crippen LogP contribution in [0.4, 0.5) is 5.95 Å². The third-order valence-electron chi connectivity index (χ3n) is 2.85. The molecule has 6 nitrogen and oxygen atoms in total. The molecule has 1 amide bonds. The molecule has 0 radical (unpaired) electrons. The number of benzene rings is 1. The molecule has 4 N–H and O–H groups in total. The van der Waals surface area contributed by atoms with E-state index in [9.17, 15) is 4.79 Å². The number of nitrogen functional groups attached to an aromatic ring is 1. The molecule has 0 atom stereocenters. The molecule has 0 aliphatic carbocycles. The number of ether oxygens (including phenoxy) is 1. The van der Waals surface area contributed by atoms with E-state index in [-0.39, 0.29) is 17.6 Å². The molecule has 0 saturated carbocycles. The summed E-state index contributed by atoms with van der Waals surface area (Å²) < 4.78 is 5.58. The third-order valence-corrected chi connectivity index (χ3v) is 2.85. The van der Waals surface area contributed by atoms with Gasteiger partial charge in [-0.1, -0.05) is 0 Å². The van der Waals surface area contributed by atoms with Gasteiger partial charge in [0.2, 0.25) is 5.95 Å². The van der Waals surface area contributed by atoms with E-state index < -0.39 is 5.91 Å². The normalized spacial score (nSPS) is 10.7. The maximum absolute atomic E-state index is 11.6. The zero-order chi connectivity index (χ0) is 15.6. The van der Waals surface area contributed by atoms with Crippen LogP contribution < -0.4 is 16.2 Å². The number of nitrogens with zero attached hydrogens (tertiary/aromatic N) is 2. The molecule has 0 spiro atoms. The minimum atomic E-state index is -0.579.